The summed E-state index contributed by atoms with van der Waals surface area (Å²) >= 11 is 0. The van der Waals surface area contributed by atoms with Crippen LogP contribution in [-0.2, 0) is 0 Å². The molecule has 0 radical (unpaired) electrons. The van der Waals surface area contributed by atoms with Gasteiger partial charge < -0.3 is 11.1 Å². The van der Waals surface area contributed by atoms with Crippen LogP contribution in [0.4, 0.5) is 0 Å². The summed E-state index contributed by atoms with van der Waals surface area (Å²) in [5, 5.41) is 3.08. The molecule has 0 unspecified atom stereocenters. The molecule has 0 aromatic rings. The van der Waals surface area contributed by atoms with Gasteiger partial charge in [0.05, 0.1) is 6.17 Å². The van der Waals surface area contributed by atoms with Gasteiger partial charge >= 0.3 is 0 Å². The molecule has 0 aliphatic rings. The maximum Gasteiger partial charge on any atom is 0.0519 e. The van der Waals surface area contributed by atoms with Crippen LogP contribution in [-0.4, -0.2) is 12.2 Å². The van der Waals surface area contributed by atoms with E-state index in [0.29, 0.717) is 6.04 Å². The largest absolute Gasteiger partial charge is 0.316 e. The minimum atomic E-state index is 0.125. The van der Waals surface area contributed by atoms with E-state index in [1.165, 1.54) is 0 Å². The SMILES string of the molecule is CC(C)N[C@H](C)N. The van der Waals surface area contributed by atoms with E-state index in [-0.39, 0.29) is 6.17 Å². The van der Waals surface area contributed by atoms with Crippen molar-refractivity contribution in [2.45, 2.75) is 33.0 Å². The summed E-state index contributed by atoms with van der Waals surface area (Å²) in [5.41, 5.74) is 5.38. The number of hydrogen-bond donors (Lipinski definition) is 2. The van der Waals surface area contributed by atoms with Gasteiger partial charge in [-0.1, -0.05) is 0 Å². The number of rotatable bonds is 2. The first kappa shape index (κ1) is 6.92. The highest BCUT2D eigenvalue weighted by Gasteiger charge is 1.92. The average Bonchev–Trinajstić information content (AvgIpc) is 1.27. The van der Waals surface area contributed by atoms with E-state index in [9.17, 15) is 0 Å². The second-order valence-electron chi connectivity index (χ2n) is 2.11. The van der Waals surface area contributed by atoms with Crippen molar-refractivity contribution < 1.29 is 0 Å². The Morgan fingerprint density at radius 2 is 1.71 bits per heavy atom. The van der Waals surface area contributed by atoms with Crippen molar-refractivity contribution in [3.63, 3.8) is 0 Å². The molecule has 2 heteroatoms. The van der Waals surface area contributed by atoms with Crippen LogP contribution in [0.15, 0.2) is 0 Å². The van der Waals surface area contributed by atoms with Crippen molar-refractivity contribution in [1.29, 1.82) is 0 Å². The highest BCUT2D eigenvalue weighted by Crippen LogP contribution is 1.75. The van der Waals surface area contributed by atoms with Gasteiger partial charge in [-0.2, -0.15) is 0 Å². The van der Waals surface area contributed by atoms with Gasteiger partial charge in [-0.15, -0.1) is 0 Å². The molecular formula is C5H14N2. The molecule has 0 aromatic carbocycles. The molecule has 0 saturated carbocycles. The lowest BCUT2D eigenvalue weighted by Gasteiger charge is -2.10. The second kappa shape index (κ2) is 2.99. The molecule has 0 rings (SSSR count). The normalized spacial score (nSPS) is 15.0. The van der Waals surface area contributed by atoms with Crippen LogP contribution >= 0.6 is 0 Å². The first-order valence-corrected chi connectivity index (χ1v) is 2.64. The third-order valence-electron chi connectivity index (χ3n) is 0.596. The van der Waals surface area contributed by atoms with Gasteiger partial charge in [-0.05, 0) is 20.8 Å². The monoisotopic (exact) mass is 102 g/mol. The van der Waals surface area contributed by atoms with E-state index in [2.05, 4.69) is 19.2 Å². The van der Waals surface area contributed by atoms with Crippen LogP contribution in [0.5, 0.6) is 0 Å². The molecule has 2 nitrogen and oxygen atoms in total. The summed E-state index contributed by atoms with van der Waals surface area (Å²) in [7, 11) is 0. The zero-order valence-corrected chi connectivity index (χ0v) is 5.23. The zero-order chi connectivity index (χ0) is 5.86. The zero-order valence-electron chi connectivity index (χ0n) is 5.23. The van der Waals surface area contributed by atoms with E-state index < -0.39 is 0 Å². The quantitative estimate of drug-likeness (QED) is 0.492. The summed E-state index contributed by atoms with van der Waals surface area (Å²) in [5.74, 6) is 0. The molecule has 0 aliphatic carbocycles. The summed E-state index contributed by atoms with van der Waals surface area (Å²) in [4.78, 5) is 0. The second-order valence-corrected chi connectivity index (χ2v) is 2.11. The topological polar surface area (TPSA) is 38.0 Å². The van der Waals surface area contributed by atoms with Crippen LogP contribution < -0.4 is 11.1 Å². The fourth-order valence-electron chi connectivity index (χ4n) is 0.526. The molecule has 0 aromatic heterocycles. The van der Waals surface area contributed by atoms with Gasteiger partial charge in [0.2, 0.25) is 0 Å². The molecule has 0 amide bonds. The van der Waals surface area contributed by atoms with Gasteiger partial charge in [-0.25, -0.2) is 0 Å². The van der Waals surface area contributed by atoms with Gasteiger partial charge in [0, 0.05) is 6.04 Å². The molecule has 7 heavy (non-hydrogen) atoms. The standard InChI is InChI=1S/C5H14N2/c1-4(2)7-5(3)6/h4-5,7H,6H2,1-3H3/t5-/m1/s1. The van der Waals surface area contributed by atoms with Crippen molar-refractivity contribution in [2.24, 2.45) is 5.73 Å². The minimum Gasteiger partial charge on any atom is -0.316 e. The molecular weight excluding hydrogens is 88.1 g/mol. The number of nitrogens with one attached hydrogen (secondary N) is 1. The van der Waals surface area contributed by atoms with Crippen molar-refractivity contribution >= 4 is 0 Å². The van der Waals surface area contributed by atoms with E-state index >= 15 is 0 Å². The summed E-state index contributed by atoms with van der Waals surface area (Å²) in [6.07, 6.45) is 0.125. The summed E-state index contributed by atoms with van der Waals surface area (Å²) in [6.45, 7) is 6.08. The predicted molar refractivity (Wildman–Crippen MR) is 31.9 cm³/mol. The maximum atomic E-state index is 5.38. The molecule has 0 aliphatic heterocycles. The molecule has 0 saturated heterocycles. The number of hydrogen-bond acceptors (Lipinski definition) is 2. The van der Waals surface area contributed by atoms with Gasteiger partial charge in [0.1, 0.15) is 0 Å². The van der Waals surface area contributed by atoms with E-state index in [0.717, 1.165) is 0 Å². The van der Waals surface area contributed by atoms with Crippen molar-refractivity contribution in [3.05, 3.63) is 0 Å². The van der Waals surface area contributed by atoms with Crippen LogP contribution in [0.1, 0.15) is 20.8 Å². The highest BCUT2D eigenvalue weighted by molar-refractivity contribution is 4.54. The first-order valence-electron chi connectivity index (χ1n) is 2.64. The molecule has 0 spiro atoms. The molecule has 0 bridgehead atoms. The Morgan fingerprint density at radius 3 is 1.71 bits per heavy atom. The average molecular weight is 102 g/mol. The van der Waals surface area contributed by atoms with Gasteiger partial charge in [0.25, 0.3) is 0 Å². The minimum absolute atomic E-state index is 0.125. The lowest BCUT2D eigenvalue weighted by atomic mass is 10.4. The van der Waals surface area contributed by atoms with Crippen LogP contribution in [0, 0.1) is 0 Å². The van der Waals surface area contributed by atoms with Crippen molar-refractivity contribution in [2.75, 3.05) is 0 Å². The molecule has 44 valence electrons. The Kier molecular flexibility index (Phi) is 2.96. The summed E-state index contributed by atoms with van der Waals surface area (Å²) in [6, 6.07) is 0.500. The third kappa shape index (κ3) is 5.92. The smallest absolute Gasteiger partial charge is 0.0519 e. The lowest BCUT2D eigenvalue weighted by molar-refractivity contribution is 0.502. The molecule has 1 atom stereocenters. The Bertz CT molecular complexity index is 35.3. The van der Waals surface area contributed by atoms with Crippen LogP contribution in [0.25, 0.3) is 0 Å². The van der Waals surface area contributed by atoms with E-state index in [1.54, 1.807) is 0 Å². The first-order chi connectivity index (χ1) is 3.13. The molecule has 0 fully saturated rings. The van der Waals surface area contributed by atoms with E-state index in [1.807, 2.05) is 6.92 Å². The lowest BCUT2D eigenvalue weighted by Crippen LogP contribution is -2.38. The van der Waals surface area contributed by atoms with Crippen molar-refractivity contribution in [1.82, 2.24) is 5.32 Å². The van der Waals surface area contributed by atoms with Gasteiger partial charge in [0.15, 0.2) is 0 Å². The van der Waals surface area contributed by atoms with Crippen LogP contribution in [0.2, 0.25) is 0 Å². The molecule has 3 N–H and O–H groups in total. The van der Waals surface area contributed by atoms with Gasteiger partial charge in [-0.3, -0.25) is 0 Å². The highest BCUT2D eigenvalue weighted by atomic mass is 15.0. The third-order valence-corrected chi connectivity index (χ3v) is 0.596. The predicted octanol–water partition coefficient (Wildman–Crippen LogP) is 0.289. The Hall–Kier alpha value is -0.0800. The summed E-state index contributed by atoms with van der Waals surface area (Å²) < 4.78 is 0. The fraction of sp³-hybridized carbons (Fsp3) is 1.00. The Balaban J connectivity index is 2.95. The Labute approximate surface area is 45.1 Å². The Morgan fingerprint density at radius 1 is 1.29 bits per heavy atom. The number of nitrogens with two attached hydrogens (primary N) is 1. The van der Waals surface area contributed by atoms with Crippen LogP contribution in [0.3, 0.4) is 0 Å². The molecule has 0 heterocycles. The van der Waals surface area contributed by atoms with E-state index in [4.69, 9.17) is 5.73 Å². The maximum absolute atomic E-state index is 5.38. The fourth-order valence-corrected chi connectivity index (χ4v) is 0.526. The van der Waals surface area contributed by atoms with Crippen molar-refractivity contribution in [3.8, 4) is 0 Å².